The molecule has 7 heteroatoms. The van der Waals surface area contributed by atoms with Crippen LogP contribution in [0, 0.1) is 5.82 Å². The number of carbonyl (C=O) groups excluding carboxylic acids is 1. The van der Waals surface area contributed by atoms with Crippen molar-refractivity contribution in [3.63, 3.8) is 0 Å². The fourth-order valence-corrected chi connectivity index (χ4v) is 2.79. The number of imidazole rings is 1. The van der Waals surface area contributed by atoms with Crippen LogP contribution >= 0.6 is 0 Å². The molecular weight excluding hydrogens is 345 g/mol. The first-order valence-electron chi connectivity index (χ1n) is 8.33. The van der Waals surface area contributed by atoms with Gasteiger partial charge in [-0.1, -0.05) is 12.1 Å². The number of carbonyl (C=O) groups is 1. The van der Waals surface area contributed by atoms with E-state index in [9.17, 15) is 9.18 Å². The molecule has 0 spiro atoms. The summed E-state index contributed by atoms with van der Waals surface area (Å²) in [5.41, 5.74) is 3.01. The second-order valence-corrected chi connectivity index (χ2v) is 6.00. The van der Waals surface area contributed by atoms with Crippen LogP contribution in [0.3, 0.4) is 0 Å². The molecule has 27 heavy (non-hydrogen) atoms. The van der Waals surface area contributed by atoms with Crippen molar-refractivity contribution in [2.75, 3.05) is 10.6 Å². The molecule has 134 valence electrons. The molecule has 0 saturated heterocycles. The third-order valence-electron chi connectivity index (χ3n) is 3.99. The van der Waals surface area contributed by atoms with Gasteiger partial charge in [-0.2, -0.15) is 0 Å². The standard InChI is InChI=1S/C20H16FN5O/c1-13(27)23-14-6-8-15(9-7-14)24-19-20-22-10-11-26(20)12-18(25-19)16-4-2-3-5-17(16)21/h2-12H,1H3,(H,23,27)(H,24,25). The average molecular weight is 361 g/mol. The van der Waals surface area contributed by atoms with Crippen molar-refractivity contribution < 1.29 is 9.18 Å². The van der Waals surface area contributed by atoms with Crippen LogP contribution in [0.4, 0.5) is 21.6 Å². The van der Waals surface area contributed by atoms with Gasteiger partial charge < -0.3 is 15.0 Å². The van der Waals surface area contributed by atoms with Gasteiger partial charge in [0.05, 0.1) is 5.69 Å². The summed E-state index contributed by atoms with van der Waals surface area (Å²) in [4.78, 5) is 20.0. The van der Waals surface area contributed by atoms with Gasteiger partial charge in [0.15, 0.2) is 11.5 Å². The van der Waals surface area contributed by atoms with Crippen molar-refractivity contribution >= 4 is 28.7 Å². The molecular formula is C20H16FN5O. The lowest BCUT2D eigenvalue weighted by atomic mass is 10.1. The fraction of sp³-hybridized carbons (Fsp3) is 0.0500. The minimum absolute atomic E-state index is 0.131. The number of rotatable bonds is 4. The molecule has 4 aromatic rings. The predicted molar refractivity (Wildman–Crippen MR) is 102 cm³/mol. The maximum atomic E-state index is 14.2. The lowest BCUT2D eigenvalue weighted by molar-refractivity contribution is -0.114. The van der Waals surface area contributed by atoms with Crippen LogP contribution in [0.25, 0.3) is 16.9 Å². The molecule has 2 N–H and O–H groups in total. The van der Waals surface area contributed by atoms with E-state index in [1.165, 1.54) is 13.0 Å². The van der Waals surface area contributed by atoms with E-state index in [0.717, 1.165) is 5.69 Å². The summed E-state index contributed by atoms with van der Waals surface area (Å²) < 4.78 is 16.0. The third-order valence-corrected chi connectivity index (χ3v) is 3.99. The first-order valence-corrected chi connectivity index (χ1v) is 8.33. The van der Waals surface area contributed by atoms with Gasteiger partial charge >= 0.3 is 0 Å². The van der Waals surface area contributed by atoms with E-state index >= 15 is 0 Å². The fourth-order valence-electron chi connectivity index (χ4n) is 2.79. The Bertz CT molecular complexity index is 1120. The van der Waals surface area contributed by atoms with Gasteiger partial charge in [0.1, 0.15) is 5.82 Å². The molecule has 6 nitrogen and oxygen atoms in total. The summed E-state index contributed by atoms with van der Waals surface area (Å²) in [7, 11) is 0. The second-order valence-electron chi connectivity index (χ2n) is 6.00. The minimum Gasteiger partial charge on any atom is -0.337 e. The lowest BCUT2D eigenvalue weighted by Gasteiger charge is -2.11. The molecule has 0 aliphatic rings. The van der Waals surface area contributed by atoms with E-state index in [-0.39, 0.29) is 11.7 Å². The quantitative estimate of drug-likeness (QED) is 0.570. The highest BCUT2D eigenvalue weighted by molar-refractivity contribution is 5.89. The van der Waals surface area contributed by atoms with Crippen LogP contribution in [0.2, 0.25) is 0 Å². The molecule has 2 aromatic carbocycles. The number of benzene rings is 2. The highest BCUT2D eigenvalue weighted by atomic mass is 19.1. The van der Waals surface area contributed by atoms with Gasteiger partial charge in [-0.05, 0) is 36.4 Å². The van der Waals surface area contributed by atoms with Crippen molar-refractivity contribution in [2.24, 2.45) is 0 Å². The van der Waals surface area contributed by atoms with E-state index in [0.29, 0.717) is 28.4 Å². The maximum Gasteiger partial charge on any atom is 0.221 e. The Morgan fingerprint density at radius 1 is 1.07 bits per heavy atom. The maximum absolute atomic E-state index is 14.2. The predicted octanol–water partition coefficient (Wildman–Crippen LogP) is 4.24. The van der Waals surface area contributed by atoms with Crippen LogP contribution in [-0.2, 0) is 4.79 Å². The number of aromatic nitrogens is 3. The van der Waals surface area contributed by atoms with Crippen LogP contribution in [-0.4, -0.2) is 20.3 Å². The lowest BCUT2D eigenvalue weighted by Crippen LogP contribution is -2.05. The number of nitrogens with one attached hydrogen (secondary N) is 2. The van der Waals surface area contributed by atoms with Gasteiger partial charge in [0.25, 0.3) is 0 Å². The molecule has 2 aromatic heterocycles. The van der Waals surface area contributed by atoms with E-state index in [1.54, 1.807) is 53.3 Å². The van der Waals surface area contributed by atoms with Crippen molar-refractivity contribution in [1.29, 1.82) is 0 Å². The summed E-state index contributed by atoms with van der Waals surface area (Å²) in [5, 5.41) is 5.93. The number of amides is 1. The molecule has 4 rings (SSSR count). The summed E-state index contributed by atoms with van der Waals surface area (Å²) in [6, 6.07) is 13.7. The Balaban J connectivity index is 1.72. The molecule has 2 heterocycles. The van der Waals surface area contributed by atoms with E-state index in [1.807, 2.05) is 12.1 Å². The number of hydrogen-bond acceptors (Lipinski definition) is 4. The van der Waals surface area contributed by atoms with Gasteiger partial charge in [-0.15, -0.1) is 0 Å². The summed E-state index contributed by atoms with van der Waals surface area (Å²) in [6.45, 7) is 1.46. The number of halogens is 1. The van der Waals surface area contributed by atoms with Crippen LogP contribution in [0.1, 0.15) is 6.92 Å². The van der Waals surface area contributed by atoms with Gasteiger partial charge in [-0.25, -0.2) is 14.4 Å². The van der Waals surface area contributed by atoms with E-state index in [4.69, 9.17) is 0 Å². The second kappa shape index (κ2) is 6.87. The Hall–Kier alpha value is -3.74. The Labute approximate surface area is 154 Å². The first-order chi connectivity index (χ1) is 13.1. The molecule has 0 unspecified atom stereocenters. The van der Waals surface area contributed by atoms with Crippen molar-refractivity contribution in [1.82, 2.24) is 14.4 Å². The molecule has 0 radical (unpaired) electrons. The van der Waals surface area contributed by atoms with Gasteiger partial charge in [0, 0.05) is 42.5 Å². The van der Waals surface area contributed by atoms with Crippen molar-refractivity contribution in [3.8, 4) is 11.3 Å². The molecule has 0 aliphatic carbocycles. The summed E-state index contributed by atoms with van der Waals surface area (Å²) >= 11 is 0. The van der Waals surface area contributed by atoms with E-state index < -0.39 is 0 Å². The largest absolute Gasteiger partial charge is 0.337 e. The number of fused-ring (bicyclic) bond motifs is 1. The average Bonchev–Trinajstić information content (AvgIpc) is 3.12. The zero-order valence-corrected chi connectivity index (χ0v) is 14.5. The smallest absolute Gasteiger partial charge is 0.221 e. The van der Waals surface area contributed by atoms with Gasteiger partial charge in [0.2, 0.25) is 5.91 Å². The molecule has 1 amide bonds. The SMILES string of the molecule is CC(=O)Nc1ccc(Nc2nc(-c3ccccc3F)cn3ccnc23)cc1. The van der Waals surface area contributed by atoms with E-state index in [2.05, 4.69) is 20.6 Å². The van der Waals surface area contributed by atoms with Crippen LogP contribution in [0.5, 0.6) is 0 Å². The van der Waals surface area contributed by atoms with Gasteiger partial charge in [-0.3, -0.25) is 4.79 Å². The number of hydrogen-bond donors (Lipinski definition) is 2. The zero-order valence-electron chi connectivity index (χ0n) is 14.5. The first kappa shape index (κ1) is 16.7. The molecule has 0 aliphatic heterocycles. The highest BCUT2D eigenvalue weighted by Crippen LogP contribution is 2.26. The van der Waals surface area contributed by atoms with Crippen LogP contribution in [0.15, 0.2) is 67.1 Å². The Kier molecular flexibility index (Phi) is 4.25. The minimum atomic E-state index is -0.338. The molecule has 0 bridgehead atoms. The van der Waals surface area contributed by atoms with Crippen molar-refractivity contribution in [3.05, 3.63) is 72.9 Å². The molecule has 0 atom stereocenters. The zero-order chi connectivity index (χ0) is 18.8. The summed E-state index contributed by atoms with van der Waals surface area (Å²) in [6.07, 6.45) is 5.19. The number of nitrogens with zero attached hydrogens (tertiary/aromatic N) is 3. The molecule has 0 saturated carbocycles. The van der Waals surface area contributed by atoms with Crippen molar-refractivity contribution in [2.45, 2.75) is 6.92 Å². The number of anilines is 3. The topological polar surface area (TPSA) is 71.3 Å². The van der Waals surface area contributed by atoms with Crippen LogP contribution < -0.4 is 10.6 Å². The molecule has 0 fully saturated rings. The summed E-state index contributed by atoms with van der Waals surface area (Å²) in [5.74, 6) is 0.0390. The third kappa shape index (κ3) is 3.48. The monoisotopic (exact) mass is 361 g/mol. The normalized spacial score (nSPS) is 10.7. The Morgan fingerprint density at radius 2 is 1.81 bits per heavy atom. The Morgan fingerprint density at radius 3 is 2.56 bits per heavy atom. The highest BCUT2D eigenvalue weighted by Gasteiger charge is 2.12.